The molecule has 0 aliphatic heterocycles. The number of hydrogen-bond donors (Lipinski definition) is 0. The Morgan fingerprint density at radius 1 is 0.311 bits per heavy atom. The fourth-order valence-electron chi connectivity index (χ4n) is 8.63. The topological polar surface area (TPSA) is 68.2 Å². The van der Waals surface area contributed by atoms with E-state index in [-0.39, 0.29) is 0 Å². The van der Waals surface area contributed by atoms with Crippen LogP contribution in [0.15, 0.2) is 215 Å². The van der Waals surface area contributed by atoms with Crippen LogP contribution in [0.1, 0.15) is 0 Å². The van der Waals surface area contributed by atoms with Crippen LogP contribution in [0.4, 0.5) is 17.1 Å². The molecule has 0 saturated carbocycles. The minimum Gasteiger partial charge on any atom is -0.456 e. The van der Waals surface area contributed by atoms with Crippen LogP contribution in [0.25, 0.3) is 99.9 Å². The lowest BCUT2D eigenvalue weighted by Crippen LogP contribution is -2.10. The van der Waals surface area contributed by atoms with Gasteiger partial charge in [0.1, 0.15) is 22.3 Å². The molecule has 3 aromatic heterocycles. The van der Waals surface area contributed by atoms with Gasteiger partial charge in [-0.2, -0.15) is 0 Å². The molecule has 0 amide bonds. The van der Waals surface area contributed by atoms with E-state index in [4.69, 9.17) is 23.8 Å². The highest BCUT2D eigenvalue weighted by atomic mass is 16.3. The molecule has 286 valence electrons. The van der Waals surface area contributed by atoms with Gasteiger partial charge in [0.15, 0.2) is 17.5 Å². The largest absolute Gasteiger partial charge is 0.456 e. The third-order valence-electron chi connectivity index (χ3n) is 11.5. The van der Waals surface area contributed by atoms with E-state index >= 15 is 0 Å². The summed E-state index contributed by atoms with van der Waals surface area (Å²) in [6.07, 6.45) is 0. The van der Waals surface area contributed by atoms with Crippen molar-refractivity contribution >= 4 is 71.7 Å². The van der Waals surface area contributed by atoms with E-state index < -0.39 is 0 Å². The summed E-state index contributed by atoms with van der Waals surface area (Å²) in [7, 11) is 0. The maximum atomic E-state index is 6.74. The number of furan rings is 2. The highest BCUT2D eigenvalue weighted by molar-refractivity contribution is 6.14. The second-order valence-electron chi connectivity index (χ2n) is 15.2. The maximum absolute atomic E-state index is 6.74. The predicted octanol–water partition coefficient (Wildman–Crippen LogP) is 15.0. The minimum atomic E-state index is 0.544. The van der Waals surface area contributed by atoms with Gasteiger partial charge in [0.25, 0.3) is 0 Å². The zero-order chi connectivity index (χ0) is 40.3. The van der Waals surface area contributed by atoms with Gasteiger partial charge in [-0.1, -0.05) is 152 Å². The van der Waals surface area contributed by atoms with Crippen molar-refractivity contribution in [3.8, 4) is 45.3 Å². The zero-order valence-electron chi connectivity index (χ0n) is 32.7. The van der Waals surface area contributed by atoms with E-state index in [0.717, 1.165) is 99.5 Å². The van der Waals surface area contributed by atoms with Gasteiger partial charge < -0.3 is 13.7 Å². The average Bonchev–Trinajstić information content (AvgIpc) is 3.90. The Morgan fingerprint density at radius 2 is 0.852 bits per heavy atom. The van der Waals surface area contributed by atoms with Crippen molar-refractivity contribution in [2.24, 2.45) is 0 Å². The smallest absolute Gasteiger partial charge is 0.164 e. The number of hydrogen-bond acceptors (Lipinski definition) is 6. The summed E-state index contributed by atoms with van der Waals surface area (Å²) in [5.74, 6) is 1.72. The molecule has 0 spiro atoms. The number of para-hydroxylation sites is 2. The van der Waals surface area contributed by atoms with Crippen LogP contribution in [0, 0.1) is 0 Å². The van der Waals surface area contributed by atoms with Crippen LogP contribution in [0.2, 0.25) is 0 Å². The van der Waals surface area contributed by atoms with Crippen LogP contribution in [-0.2, 0) is 0 Å². The number of aromatic nitrogens is 3. The van der Waals surface area contributed by atoms with Gasteiger partial charge in [0.2, 0.25) is 0 Å². The summed E-state index contributed by atoms with van der Waals surface area (Å²) in [6, 6.07) is 70.9. The SMILES string of the molecule is c1ccc(-c2ccc(N(c3ccc4c(c3)oc3ccccc34)c3cc(-c4nc(-c5ccccc5)nc(-c5cccc6ccccc56)n4)c4c(c3)oc3ccccc34)cc2)cc1. The Morgan fingerprint density at radius 3 is 1.64 bits per heavy atom. The predicted molar refractivity (Wildman–Crippen MR) is 248 cm³/mol. The van der Waals surface area contributed by atoms with Crippen LogP contribution < -0.4 is 4.90 Å². The van der Waals surface area contributed by atoms with Gasteiger partial charge in [0.05, 0.1) is 5.69 Å². The molecule has 0 N–H and O–H groups in total. The second kappa shape index (κ2) is 14.2. The molecule has 0 radical (unpaired) electrons. The minimum absolute atomic E-state index is 0.544. The van der Waals surface area contributed by atoms with Crippen LogP contribution in [-0.4, -0.2) is 15.0 Å². The van der Waals surface area contributed by atoms with Gasteiger partial charge in [-0.05, 0) is 64.4 Å². The standard InChI is InChI=1S/C55H34N4O2/c1-3-14-35(15-4-1)36-26-28-39(29-27-36)59(40-30-31-44-43-21-9-11-24-48(43)60-50(44)33-40)41-32-47(52-46-22-10-12-25-49(46)61-51(52)34-41)55-57-53(38-17-5-2-6-18-38)56-54(58-55)45-23-13-19-37-16-7-8-20-42(37)45/h1-34H. The third-order valence-corrected chi connectivity index (χ3v) is 11.5. The van der Waals surface area contributed by atoms with Gasteiger partial charge in [-0.15, -0.1) is 0 Å². The van der Waals surface area contributed by atoms with Gasteiger partial charge in [0, 0.05) is 61.7 Å². The summed E-state index contributed by atoms with van der Waals surface area (Å²) in [6.45, 7) is 0. The Balaban J connectivity index is 1.13. The first-order valence-electron chi connectivity index (χ1n) is 20.3. The summed E-state index contributed by atoms with van der Waals surface area (Å²) in [5.41, 5.74) is 10.9. The molecule has 12 rings (SSSR count). The molecule has 0 saturated heterocycles. The van der Waals surface area contributed by atoms with Crippen molar-refractivity contribution in [2.45, 2.75) is 0 Å². The highest BCUT2D eigenvalue weighted by Crippen LogP contribution is 2.45. The lowest BCUT2D eigenvalue weighted by Gasteiger charge is -2.26. The summed E-state index contributed by atoms with van der Waals surface area (Å²) in [5, 5.41) is 6.24. The number of nitrogens with zero attached hydrogens (tertiary/aromatic N) is 4. The van der Waals surface area contributed by atoms with Crippen molar-refractivity contribution in [3.05, 3.63) is 206 Å². The Bertz CT molecular complexity index is 3590. The molecule has 0 bridgehead atoms. The average molecular weight is 783 g/mol. The molecule has 12 aromatic rings. The van der Waals surface area contributed by atoms with Crippen molar-refractivity contribution in [3.63, 3.8) is 0 Å². The Labute approximate surface area is 350 Å². The number of anilines is 3. The van der Waals surface area contributed by atoms with E-state index in [1.807, 2.05) is 72.8 Å². The van der Waals surface area contributed by atoms with Gasteiger partial charge in [-0.3, -0.25) is 0 Å². The van der Waals surface area contributed by atoms with E-state index in [1.54, 1.807) is 0 Å². The Kier molecular flexibility index (Phi) is 8.06. The normalized spacial score (nSPS) is 11.6. The molecule has 0 fully saturated rings. The van der Waals surface area contributed by atoms with Crippen LogP contribution in [0.3, 0.4) is 0 Å². The monoisotopic (exact) mass is 782 g/mol. The molecule has 6 nitrogen and oxygen atoms in total. The molecular formula is C55H34N4O2. The molecular weight excluding hydrogens is 749 g/mol. The van der Waals surface area contributed by atoms with Crippen molar-refractivity contribution in [1.82, 2.24) is 15.0 Å². The molecule has 0 atom stereocenters. The van der Waals surface area contributed by atoms with Crippen molar-refractivity contribution in [1.29, 1.82) is 0 Å². The van der Waals surface area contributed by atoms with E-state index in [0.29, 0.717) is 17.5 Å². The van der Waals surface area contributed by atoms with Gasteiger partial charge in [-0.25, -0.2) is 15.0 Å². The first-order chi connectivity index (χ1) is 30.2. The highest BCUT2D eigenvalue weighted by Gasteiger charge is 2.23. The summed E-state index contributed by atoms with van der Waals surface area (Å²) in [4.78, 5) is 18.0. The van der Waals surface area contributed by atoms with Crippen molar-refractivity contribution < 1.29 is 8.83 Å². The first-order valence-corrected chi connectivity index (χ1v) is 20.3. The quantitative estimate of drug-likeness (QED) is 0.160. The Hall–Kier alpha value is -8.35. The molecule has 0 aliphatic rings. The lowest BCUT2D eigenvalue weighted by atomic mass is 10.0. The summed E-state index contributed by atoms with van der Waals surface area (Å²) >= 11 is 0. The number of rotatable bonds is 7. The first kappa shape index (κ1) is 34.7. The van der Waals surface area contributed by atoms with E-state index in [2.05, 4.69) is 138 Å². The molecule has 0 aliphatic carbocycles. The van der Waals surface area contributed by atoms with Gasteiger partial charge >= 0.3 is 0 Å². The van der Waals surface area contributed by atoms with Crippen LogP contribution in [0.5, 0.6) is 0 Å². The van der Waals surface area contributed by atoms with E-state index in [1.165, 1.54) is 0 Å². The molecule has 0 unspecified atom stereocenters. The van der Waals surface area contributed by atoms with Crippen LogP contribution >= 0.6 is 0 Å². The number of benzene rings is 9. The fraction of sp³-hybridized carbons (Fsp3) is 0. The molecule has 6 heteroatoms. The maximum Gasteiger partial charge on any atom is 0.164 e. The number of fused-ring (bicyclic) bond motifs is 7. The zero-order valence-corrected chi connectivity index (χ0v) is 32.7. The van der Waals surface area contributed by atoms with Crippen molar-refractivity contribution in [2.75, 3.05) is 4.90 Å². The van der Waals surface area contributed by atoms with E-state index in [9.17, 15) is 0 Å². The second-order valence-corrected chi connectivity index (χ2v) is 15.2. The molecule has 61 heavy (non-hydrogen) atoms. The fourth-order valence-corrected chi connectivity index (χ4v) is 8.63. The third kappa shape index (κ3) is 6.00. The lowest BCUT2D eigenvalue weighted by molar-refractivity contribution is 0.669. The molecule has 3 heterocycles. The molecule has 9 aromatic carbocycles. The summed E-state index contributed by atoms with van der Waals surface area (Å²) < 4.78 is 13.2.